The highest BCUT2D eigenvalue weighted by atomic mass is 32.1. The summed E-state index contributed by atoms with van der Waals surface area (Å²) in [5.74, 6) is -1.26. The molecule has 0 radical (unpaired) electrons. The van der Waals surface area contributed by atoms with Crippen LogP contribution < -0.4 is 5.73 Å². The van der Waals surface area contributed by atoms with E-state index < -0.39 is 17.6 Å². The second kappa shape index (κ2) is 4.70. The van der Waals surface area contributed by atoms with Crippen molar-refractivity contribution in [3.63, 3.8) is 0 Å². The van der Waals surface area contributed by atoms with E-state index >= 15 is 0 Å². The number of hydrogen-bond acceptors (Lipinski definition) is 2. The highest BCUT2D eigenvalue weighted by molar-refractivity contribution is 7.10. The van der Waals surface area contributed by atoms with Gasteiger partial charge in [-0.05, 0) is 34.7 Å². The molecule has 1 aromatic heterocycles. The van der Waals surface area contributed by atoms with Crippen molar-refractivity contribution in [2.24, 2.45) is 5.73 Å². The van der Waals surface area contributed by atoms with Crippen LogP contribution in [0.15, 0.2) is 29.6 Å². The first kappa shape index (κ1) is 13.0. The Hall–Kier alpha value is -1.40. The lowest BCUT2D eigenvalue weighted by Gasteiger charge is -2.09. The van der Waals surface area contributed by atoms with E-state index in [2.05, 4.69) is 0 Å². The van der Waals surface area contributed by atoms with Gasteiger partial charge in [0.2, 0.25) is 0 Å². The van der Waals surface area contributed by atoms with E-state index in [0.29, 0.717) is 17.7 Å². The number of alkyl halides is 3. The molecule has 0 aliphatic carbocycles. The Morgan fingerprint density at radius 2 is 1.83 bits per heavy atom. The molecule has 96 valence electrons. The second-order valence-electron chi connectivity index (χ2n) is 3.70. The SMILES string of the molecule is NCc1cc(-c2ccc(F)c(C(F)(F)F)c2)cs1. The third-order valence-electron chi connectivity index (χ3n) is 2.46. The maximum atomic E-state index is 13.1. The highest BCUT2D eigenvalue weighted by Gasteiger charge is 2.34. The molecule has 1 heterocycles. The maximum absolute atomic E-state index is 13.1. The van der Waals surface area contributed by atoms with Crippen LogP contribution in [0.25, 0.3) is 11.1 Å². The molecule has 6 heteroatoms. The standard InChI is InChI=1S/C12H9F4NS/c13-11-2-1-7(4-10(11)12(14,15)16)8-3-9(5-17)18-6-8/h1-4,6H,5,17H2. The normalized spacial score (nSPS) is 11.8. The molecule has 2 rings (SSSR count). The lowest BCUT2D eigenvalue weighted by molar-refractivity contribution is -0.139. The van der Waals surface area contributed by atoms with Gasteiger partial charge in [-0.15, -0.1) is 11.3 Å². The van der Waals surface area contributed by atoms with Crippen molar-refractivity contribution in [1.29, 1.82) is 0 Å². The van der Waals surface area contributed by atoms with Crippen molar-refractivity contribution >= 4 is 11.3 Å². The number of nitrogens with two attached hydrogens (primary N) is 1. The predicted octanol–water partition coefficient (Wildman–Crippen LogP) is 4.03. The Kier molecular flexibility index (Phi) is 3.41. The van der Waals surface area contributed by atoms with E-state index in [1.807, 2.05) is 0 Å². The van der Waals surface area contributed by atoms with Gasteiger partial charge >= 0.3 is 6.18 Å². The van der Waals surface area contributed by atoms with Crippen LogP contribution >= 0.6 is 11.3 Å². The van der Waals surface area contributed by atoms with Gasteiger partial charge < -0.3 is 5.73 Å². The lowest BCUT2D eigenvalue weighted by Crippen LogP contribution is -2.08. The molecule has 0 unspecified atom stereocenters. The molecular weight excluding hydrogens is 266 g/mol. The van der Waals surface area contributed by atoms with E-state index in [1.54, 1.807) is 11.4 Å². The van der Waals surface area contributed by atoms with Crippen LogP contribution in [-0.4, -0.2) is 0 Å². The number of halogens is 4. The first-order valence-corrected chi connectivity index (χ1v) is 5.94. The molecule has 2 N–H and O–H groups in total. The summed E-state index contributed by atoms with van der Waals surface area (Å²) in [7, 11) is 0. The second-order valence-corrected chi connectivity index (χ2v) is 4.69. The van der Waals surface area contributed by atoms with Crippen molar-refractivity contribution in [2.75, 3.05) is 0 Å². The molecule has 0 bridgehead atoms. The van der Waals surface area contributed by atoms with Crippen LogP contribution in [0.1, 0.15) is 10.4 Å². The number of hydrogen-bond donors (Lipinski definition) is 1. The average molecular weight is 275 g/mol. The Morgan fingerprint density at radius 1 is 1.11 bits per heavy atom. The Balaban J connectivity index is 2.47. The van der Waals surface area contributed by atoms with Crippen molar-refractivity contribution in [3.8, 4) is 11.1 Å². The minimum Gasteiger partial charge on any atom is -0.326 e. The van der Waals surface area contributed by atoms with Gasteiger partial charge in [0.15, 0.2) is 0 Å². The zero-order valence-electron chi connectivity index (χ0n) is 9.09. The molecule has 0 spiro atoms. The first-order chi connectivity index (χ1) is 8.41. The van der Waals surface area contributed by atoms with Gasteiger partial charge in [-0.1, -0.05) is 6.07 Å². The topological polar surface area (TPSA) is 26.0 Å². The van der Waals surface area contributed by atoms with Gasteiger partial charge in [0.05, 0.1) is 5.56 Å². The first-order valence-electron chi connectivity index (χ1n) is 5.06. The summed E-state index contributed by atoms with van der Waals surface area (Å²) in [6, 6.07) is 4.68. The lowest BCUT2D eigenvalue weighted by atomic mass is 10.0. The van der Waals surface area contributed by atoms with Gasteiger partial charge in [-0.25, -0.2) is 4.39 Å². The third-order valence-corrected chi connectivity index (χ3v) is 3.42. The van der Waals surface area contributed by atoms with E-state index in [-0.39, 0.29) is 0 Å². The summed E-state index contributed by atoms with van der Waals surface area (Å²) < 4.78 is 50.8. The minimum absolute atomic E-state index is 0.331. The molecule has 0 fully saturated rings. The monoisotopic (exact) mass is 275 g/mol. The van der Waals surface area contributed by atoms with Gasteiger partial charge in [0, 0.05) is 11.4 Å². The van der Waals surface area contributed by atoms with Crippen LogP contribution in [0.4, 0.5) is 17.6 Å². The van der Waals surface area contributed by atoms with Crippen molar-refractivity contribution in [2.45, 2.75) is 12.7 Å². The van der Waals surface area contributed by atoms with Crippen molar-refractivity contribution in [3.05, 3.63) is 45.9 Å². The van der Waals surface area contributed by atoms with Gasteiger partial charge in [-0.3, -0.25) is 0 Å². The smallest absolute Gasteiger partial charge is 0.326 e. The zero-order chi connectivity index (χ0) is 13.3. The Bertz CT molecular complexity index is 559. The molecule has 2 aromatic rings. The molecule has 0 atom stereocenters. The summed E-state index contributed by atoms with van der Waals surface area (Å²) in [6.45, 7) is 0.331. The summed E-state index contributed by atoms with van der Waals surface area (Å²) in [5.41, 5.74) is 5.14. The Morgan fingerprint density at radius 3 is 2.39 bits per heavy atom. The predicted molar refractivity (Wildman–Crippen MR) is 62.6 cm³/mol. The van der Waals surface area contributed by atoms with Crippen LogP contribution in [-0.2, 0) is 12.7 Å². The maximum Gasteiger partial charge on any atom is 0.419 e. The molecule has 0 aliphatic heterocycles. The minimum atomic E-state index is -4.69. The quantitative estimate of drug-likeness (QED) is 0.823. The molecule has 18 heavy (non-hydrogen) atoms. The van der Waals surface area contributed by atoms with E-state index in [1.165, 1.54) is 17.4 Å². The summed E-state index contributed by atoms with van der Waals surface area (Å²) in [5, 5.41) is 1.70. The van der Waals surface area contributed by atoms with Crippen LogP contribution in [0.5, 0.6) is 0 Å². The van der Waals surface area contributed by atoms with Crippen LogP contribution in [0.3, 0.4) is 0 Å². The van der Waals surface area contributed by atoms with Gasteiger partial charge in [0.1, 0.15) is 5.82 Å². The Labute approximate surface area is 105 Å². The van der Waals surface area contributed by atoms with Crippen molar-refractivity contribution in [1.82, 2.24) is 0 Å². The molecule has 0 amide bonds. The van der Waals surface area contributed by atoms with Crippen molar-refractivity contribution < 1.29 is 17.6 Å². The molecular formula is C12H9F4NS. The number of benzene rings is 1. The fourth-order valence-corrected chi connectivity index (χ4v) is 2.33. The average Bonchev–Trinajstić information content (AvgIpc) is 2.76. The van der Waals surface area contributed by atoms with E-state index in [0.717, 1.165) is 17.0 Å². The number of thiophene rings is 1. The van der Waals surface area contributed by atoms with Crippen LogP contribution in [0.2, 0.25) is 0 Å². The van der Waals surface area contributed by atoms with E-state index in [4.69, 9.17) is 5.73 Å². The third kappa shape index (κ3) is 2.54. The fourth-order valence-electron chi connectivity index (χ4n) is 1.56. The zero-order valence-corrected chi connectivity index (χ0v) is 9.91. The fraction of sp³-hybridized carbons (Fsp3) is 0.167. The molecule has 0 aliphatic rings. The summed E-state index contributed by atoms with van der Waals surface area (Å²) in [4.78, 5) is 0.864. The summed E-state index contributed by atoms with van der Waals surface area (Å²) >= 11 is 1.36. The number of rotatable bonds is 2. The van der Waals surface area contributed by atoms with Gasteiger partial charge in [0.25, 0.3) is 0 Å². The molecule has 0 saturated heterocycles. The summed E-state index contributed by atoms with van der Waals surface area (Å²) in [6.07, 6.45) is -4.69. The van der Waals surface area contributed by atoms with E-state index in [9.17, 15) is 17.6 Å². The molecule has 1 aromatic carbocycles. The van der Waals surface area contributed by atoms with Crippen LogP contribution in [0, 0.1) is 5.82 Å². The van der Waals surface area contributed by atoms with Gasteiger partial charge in [-0.2, -0.15) is 13.2 Å². The molecule has 1 nitrogen and oxygen atoms in total. The highest BCUT2D eigenvalue weighted by Crippen LogP contribution is 2.35. The molecule has 0 saturated carbocycles. The largest absolute Gasteiger partial charge is 0.419 e.